The zero-order valence-electron chi connectivity index (χ0n) is 18.0. The van der Waals surface area contributed by atoms with Gasteiger partial charge < -0.3 is 24.3 Å². The third-order valence-electron chi connectivity index (χ3n) is 6.23. The molecule has 3 aromatic rings. The molecule has 0 bridgehead atoms. The van der Waals surface area contributed by atoms with Crippen LogP contribution < -0.4 is 19.9 Å². The number of carbonyl (C=O) groups excluding carboxylic acids is 2. The molecule has 2 amide bonds. The van der Waals surface area contributed by atoms with Crippen LogP contribution in [0.4, 0.5) is 17.4 Å². The zero-order chi connectivity index (χ0) is 22.1. The largest absolute Gasteiger partial charge is 0.494 e. The molecule has 2 saturated heterocycles. The summed E-state index contributed by atoms with van der Waals surface area (Å²) in [5.74, 6) is 0.602. The number of benzene rings is 2. The number of ether oxygens (including phenoxy) is 1. The van der Waals surface area contributed by atoms with E-state index in [4.69, 9.17) is 9.15 Å². The van der Waals surface area contributed by atoms with Crippen molar-refractivity contribution in [3.8, 4) is 5.75 Å². The van der Waals surface area contributed by atoms with Crippen LogP contribution in [-0.4, -0.2) is 43.5 Å². The van der Waals surface area contributed by atoms with E-state index in [9.17, 15) is 9.59 Å². The second kappa shape index (κ2) is 8.53. The third kappa shape index (κ3) is 3.88. The van der Waals surface area contributed by atoms with Crippen molar-refractivity contribution >= 4 is 40.3 Å². The first-order valence-electron chi connectivity index (χ1n) is 11.0. The molecule has 0 atom stereocenters. The first-order valence-corrected chi connectivity index (χ1v) is 11.0. The summed E-state index contributed by atoms with van der Waals surface area (Å²) in [6.07, 6.45) is 2.86. The summed E-state index contributed by atoms with van der Waals surface area (Å²) in [4.78, 5) is 33.3. The number of aromatic nitrogens is 1. The van der Waals surface area contributed by atoms with Gasteiger partial charge in [0.1, 0.15) is 11.3 Å². The molecule has 0 aliphatic carbocycles. The quantitative estimate of drug-likeness (QED) is 0.657. The first-order chi connectivity index (χ1) is 15.6. The smallest absolute Gasteiger partial charge is 0.298 e. The number of amides is 2. The van der Waals surface area contributed by atoms with Gasteiger partial charge in [-0.1, -0.05) is 12.1 Å². The molecule has 166 valence electrons. The maximum atomic E-state index is 12.9. The molecule has 1 aromatic heterocycles. The molecule has 3 heterocycles. The normalized spacial score (nSPS) is 17.2. The number of piperidine rings is 1. The molecule has 2 aliphatic rings. The lowest BCUT2D eigenvalue weighted by Crippen LogP contribution is -2.38. The molecule has 8 heteroatoms. The topological polar surface area (TPSA) is 87.9 Å². The fraction of sp³-hybridized carbons (Fsp3) is 0.375. The van der Waals surface area contributed by atoms with Crippen LogP contribution in [-0.2, 0) is 9.59 Å². The fourth-order valence-electron chi connectivity index (χ4n) is 4.45. The van der Waals surface area contributed by atoms with Gasteiger partial charge in [0.2, 0.25) is 11.8 Å². The summed E-state index contributed by atoms with van der Waals surface area (Å²) in [5.41, 5.74) is 3.04. The Bertz CT molecular complexity index is 1120. The predicted octanol–water partition coefficient (Wildman–Crippen LogP) is 3.82. The van der Waals surface area contributed by atoms with E-state index in [-0.39, 0.29) is 17.7 Å². The third-order valence-corrected chi connectivity index (χ3v) is 6.23. The van der Waals surface area contributed by atoms with Gasteiger partial charge in [0.15, 0.2) is 5.58 Å². The van der Waals surface area contributed by atoms with Crippen LogP contribution in [0.15, 0.2) is 46.9 Å². The number of para-hydroxylation sites is 2. The standard InChI is InChI=1S/C24H26N4O4/c1-31-21-15-17(8-9-19(21)28-12-4-7-22(28)29)25-23(30)16-10-13-27(14-11-16)24-26-18-5-2-3-6-20(18)32-24/h2-3,5-6,8-9,15-16H,4,7,10-14H2,1H3,(H,25,30). The molecular formula is C24H26N4O4. The highest BCUT2D eigenvalue weighted by atomic mass is 16.5. The molecule has 5 rings (SSSR count). The lowest BCUT2D eigenvalue weighted by atomic mass is 9.96. The molecular weight excluding hydrogens is 408 g/mol. The molecule has 2 aliphatic heterocycles. The fourth-order valence-corrected chi connectivity index (χ4v) is 4.45. The average Bonchev–Trinajstić information content (AvgIpc) is 3.45. The Morgan fingerprint density at radius 1 is 1.16 bits per heavy atom. The molecule has 8 nitrogen and oxygen atoms in total. The van der Waals surface area contributed by atoms with Crippen molar-refractivity contribution in [2.45, 2.75) is 25.7 Å². The Hall–Kier alpha value is -3.55. The SMILES string of the molecule is COc1cc(NC(=O)C2CCN(c3nc4ccccc4o3)CC2)ccc1N1CCCC1=O. The van der Waals surface area contributed by atoms with Gasteiger partial charge in [0.05, 0.1) is 12.8 Å². The number of hydrogen-bond donors (Lipinski definition) is 1. The lowest BCUT2D eigenvalue weighted by Gasteiger charge is -2.30. The molecule has 2 aromatic carbocycles. The highest BCUT2D eigenvalue weighted by Crippen LogP contribution is 2.34. The summed E-state index contributed by atoms with van der Waals surface area (Å²) in [6, 6.07) is 13.8. The number of oxazole rings is 1. The van der Waals surface area contributed by atoms with E-state index in [1.165, 1.54) is 0 Å². The Labute approximate surface area is 186 Å². The van der Waals surface area contributed by atoms with E-state index >= 15 is 0 Å². The minimum atomic E-state index is -0.0820. The Morgan fingerprint density at radius 2 is 1.97 bits per heavy atom. The second-order valence-electron chi connectivity index (χ2n) is 8.25. The van der Waals surface area contributed by atoms with Crippen LogP contribution in [0.1, 0.15) is 25.7 Å². The van der Waals surface area contributed by atoms with Crippen molar-refractivity contribution in [3.05, 3.63) is 42.5 Å². The predicted molar refractivity (Wildman–Crippen MR) is 122 cm³/mol. The number of anilines is 3. The molecule has 32 heavy (non-hydrogen) atoms. The van der Waals surface area contributed by atoms with E-state index in [1.807, 2.05) is 36.4 Å². The number of methoxy groups -OCH3 is 1. The summed E-state index contributed by atoms with van der Waals surface area (Å²) in [5, 5.41) is 3.01. The number of carbonyl (C=O) groups is 2. The maximum absolute atomic E-state index is 12.9. The number of nitrogens with one attached hydrogen (secondary N) is 1. The van der Waals surface area contributed by atoms with E-state index < -0.39 is 0 Å². The summed E-state index contributed by atoms with van der Waals surface area (Å²) >= 11 is 0. The number of fused-ring (bicyclic) bond motifs is 1. The van der Waals surface area contributed by atoms with Crippen LogP contribution in [0, 0.1) is 5.92 Å². The summed E-state index contributed by atoms with van der Waals surface area (Å²) < 4.78 is 11.4. The van der Waals surface area contributed by atoms with Crippen molar-refractivity contribution in [2.24, 2.45) is 5.92 Å². The zero-order valence-corrected chi connectivity index (χ0v) is 18.0. The highest BCUT2D eigenvalue weighted by Gasteiger charge is 2.28. The minimum absolute atomic E-state index is 0.00531. The van der Waals surface area contributed by atoms with Crippen LogP contribution >= 0.6 is 0 Å². The molecule has 1 N–H and O–H groups in total. The van der Waals surface area contributed by atoms with Gasteiger partial charge in [0, 0.05) is 43.7 Å². The van der Waals surface area contributed by atoms with Crippen molar-refractivity contribution in [1.29, 1.82) is 0 Å². The van der Waals surface area contributed by atoms with E-state index in [2.05, 4.69) is 15.2 Å². The Kier molecular flexibility index (Phi) is 5.43. The van der Waals surface area contributed by atoms with Crippen molar-refractivity contribution in [3.63, 3.8) is 0 Å². The summed E-state index contributed by atoms with van der Waals surface area (Å²) in [6.45, 7) is 2.12. The Morgan fingerprint density at radius 3 is 2.69 bits per heavy atom. The summed E-state index contributed by atoms with van der Waals surface area (Å²) in [7, 11) is 1.58. The van der Waals surface area contributed by atoms with Crippen LogP contribution in [0.3, 0.4) is 0 Å². The molecule has 0 radical (unpaired) electrons. The van der Waals surface area contributed by atoms with Gasteiger partial charge in [-0.15, -0.1) is 0 Å². The van der Waals surface area contributed by atoms with E-state index in [0.29, 0.717) is 43.5 Å². The van der Waals surface area contributed by atoms with Crippen molar-refractivity contribution in [1.82, 2.24) is 4.98 Å². The van der Waals surface area contributed by atoms with Crippen molar-refractivity contribution < 1.29 is 18.7 Å². The number of rotatable bonds is 5. The van der Waals surface area contributed by atoms with Gasteiger partial charge in [-0.25, -0.2) is 0 Å². The molecule has 0 spiro atoms. The van der Waals surface area contributed by atoms with Crippen LogP contribution in [0.5, 0.6) is 5.75 Å². The minimum Gasteiger partial charge on any atom is -0.494 e. The molecule has 0 unspecified atom stereocenters. The van der Waals surface area contributed by atoms with Crippen LogP contribution in [0.25, 0.3) is 11.1 Å². The van der Waals surface area contributed by atoms with Gasteiger partial charge in [-0.05, 0) is 43.5 Å². The second-order valence-corrected chi connectivity index (χ2v) is 8.25. The Balaban J connectivity index is 1.21. The van der Waals surface area contributed by atoms with E-state index in [1.54, 1.807) is 18.1 Å². The van der Waals surface area contributed by atoms with Gasteiger partial charge in [-0.3, -0.25) is 9.59 Å². The molecule has 2 fully saturated rings. The average molecular weight is 434 g/mol. The first kappa shape index (κ1) is 20.4. The van der Waals surface area contributed by atoms with Gasteiger partial charge in [0.25, 0.3) is 6.01 Å². The van der Waals surface area contributed by atoms with Gasteiger partial charge in [-0.2, -0.15) is 4.98 Å². The monoisotopic (exact) mass is 434 g/mol. The van der Waals surface area contributed by atoms with E-state index in [0.717, 1.165) is 36.0 Å². The lowest BCUT2D eigenvalue weighted by molar-refractivity contribution is -0.120. The van der Waals surface area contributed by atoms with Crippen LogP contribution in [0.2, 0.25) is 0 Å². The number of nitrogens with zero attached hydrogens (tertiary/aromatic N) is 3. The number of hydrogen-bond acceptors (Lipinski definition) is 6. The highest BCUT2D eigenvalue weighted by molar-refractivity contribution is 5.98. The molecule has 0 saturated carbocycles. The van der Waals surface area contributed by atoms with Crippen molar-refractivity contribution in [2.75, 3.05) is 41.9 Å². The van der Waals surface area contributed by atoms with Gasteiger partial charge >= 0.3 is 0 Å². The maximum Gasteiger partial charge on any atom is 0.298 e.